The van der Waals surface area contributed by atoms with Crippen molar-refractivity contribution < 1.29 is 22.5 Å². The number of rotatable bonds is 4. The first-order chi connectivity index (χ1) is 8.95. The summed E-state index contributed by atoms with van der Waals surface area (Å²) in [5.74, 6) is -1.24. The van der Waals surface area contributed by atoms with Crippen LogP contribution in [0.4, 0.5) is 17.7 Å². The van der Waals surface area contributed by atoms with Crippen LogP contribution in [0.1, 0.15) is 18.4 Å². The quantitative estimate of drug-likeness (QED) is 0.854. The van der Waals surface area contributed by atoms with Crippen LogP contribution in [-0.4, -0.2) is 19.1 Å². The van der Waals surface area contributed by atoms with Crippen molar-refractivity contribution in [2.24, 2.45) is 0 Å². The Bertz CT molecular complexity index is 432. The van der Waals surface area contributed by atoms with E-state index in [0.29, 0.717) is 0 Å². The summed E-state index contributed by atoms with van der Waals surface area (Å²) in [7, 11) is 0. The standard InChI is InChI=1S/C12H14BF3NO2/c14-13(15,16)10-6-11(7-10)17-12(18)19-8-9-4-2-1-3-5-9/h1-5,10-11H,6-8H2,(H,17,18)/q-1. The SMILES string of the molecule is O=C(NC1CC([B-](F)(F)F)C1)OCc1ccccc1. The predicted molar refractivity (Wildman–Crippen MR) is 65.6 cm³/mol. The molecule has 0 radical (unpaired) electrons. The number of carbonyl (C=O) groups is 1. The maximum atomic E-state index is 12.3. The fourth-order valence-electron chi connectivity index (χ4n) is 2.02. The predicted octanol–water partition coefficient (Wildman–Crippen LogP) is 3.29. The molecule has 19 heavy (non-hydrogen) atoms. The maximum Gasteiger partial charge on any atom is 0.481 e. The summed E-state index contributed by atoms with van der Waals surface area (Å²) in [4.78, 5) is 11.4. The van der Waals surface area contributed by atoms with Gasteiger partial charge >= 0.3 is 13.1 Å². The molecule has 1 aromatic rings. The topological polar surface area (TPSA) is 38.3 Å². The molecule has 0 unspecified atom stereocenters. The van der Waals surface area contributed by atoms with E-state index >= 15 is 0 Å². The van der Waals surface area contributed by atoms with Crippen LogP contribution in [0.2, 0.25) is 5.82 Å². The van der Waals surface area contributed by atoms with E-state index in [4.69, 9.17) is 4.74 Å². The molecule has 1 N–H and O–H groups in total. The number of ether oxygens (including phenoxy) is 1. The van der Waals surface area contributed by atoms with Gasteiger partial charge in [0.25, 0.3) is 0 Å². The van der Waals surface area contributed by atoms with Crippen LogP contribution in [-0.2, 0) is 11.3 Å². The van der Waals surface area contributed by atoms with Crippen LogP contribution in [0.3, 0.4) is 0 Å². The van der Waals surface area contributed by atoms with Gasteiger partial charge in [-0.25, -0.2) is 4.79 Å². The monoisotopic (exact) mass is 272 g/mol. The van der Waals surface area contributed by atoms with Crippen LogP contribution in [0.5, 0.6) is 0 Å². The molecular weight excluding hydrogens is 258 g/mol. The highest BCUT2D eigenvalue weighted by atomic mass is 19.4. The number of hydrogen-bond acceptors (Lipinski definition) is 2. The second-order valence-electron chi connectivity index (χ2n) is 4.76. The summed E-state index contributed by atoms with van der Waals surface area (Å²) in [6.07, 6.45) is -0.740. The molecule has 1 saturated carbocycles. The number of hydrogen-bond donors (Lipinski definition) is 1. The van der Waals surface area contributed by atoms with Crippen LogP contribution >= 0.6 is 0 Å². The third-order valence-corrected chi connectivity index (χ3v) is 3.24. The molecule has 1 fully saturated rings. The number of halogens is 3. The van der Waals surface area contributed by atoms with Crippen molar-refractivity contribution >= 4 is 13.1 Å². The van der Waals surface area contributed by atoms with Crippen molar-refractivity contribution in [2.75, 3.05) is 0 Å². The third-order valence-electron chi connectivity index (χ3n) is 3.24. The van der Waals surface area contributed by atoms with Gasteiger partial charge in [0, 0.05) is 6.04 Å². The largest absolute Gasteiger partial charge is 0.481 e. The molecule has 1 aliphatic carbocycles. The summed E-state index contributed by atoms with van der Waals surface area (Å²) in [6, 6.07) is 8.67. The molecule has 0 atom stereocenters. The summed E-state index contributed by atoms with van der Waals surface area (Å²) in [5.41, 5.74) is 0.836. The maximum absolute atomic E-state index is 12.3. The van der Waals surface area contributed by atoms with E-state index in [2.05, 4.69) is 5.32 Å². The first-order valence-corrected chi connectivity index (χ1v) is 6.12. The highest BCUT2D eigenvalue weighted by Gasteiger charge is 2.43. The van der Waals surface area contributed by atoms with E-state index in [1.165, 1.54) is 0 Å². The number of carbonyl (C=O) groups excluding carboxylic acids is 1. The van der Waals surface area contributed by atoms with Gasteiger partial charge in [-0.05, 0) is 5.56 Å². The normalized spacial score (nSPS) is 22.5. The second kappa shape index (κ2) is 5.55. The minimum absolute atomic E-state index is 0.0378. The van der Waals surface area contributed by atoms with E-state index in [-0.39, 0.29) is 19.4 Å². The summed E-state index contributed by atoms with van der Waals surface area (Å²) < 4.78 is 41.8. The Balaban J connectivity index is 1.67. The molecule has 0 spiro atoms. The molecule has 1 aromatic carbocycles. The summed E-state index contributed by atoms with van der Waals surface area (Å²) >= 11 is 0. The van der Waals surface area contributed by atoms with E-state index in [1.54, 1.807) is 12.1 Å². The molecule has 7 heteroatoms. The van der Waals surface area contributed by atoms with Crippen LogP contribution in [0, 0.1) is 0 Å². The molecule has 0 bridgehead atoms. The lowest BCUT2D eigenvalue weighted by atomic mass is 9.59. The van der Waals surface area contributed by atoms with Gasteiger partial charge in [0.15, 0.2) is 0 Å². The first-order valence-electron chi connectivity index (χ1n) is 6.12. The number of benzene rings is 1. The van der Waals surface area contributed by atoms with Gasteiger partial charge in [0.1, 0.15) is 6.61 Å². The molecular formula is C12H14BF3NO2-. The van der Waals surface area contributed by atoms with Gasteiger partial charge in [0.2, 0.25) is 0 Å². The Kier molecular flexibility index (Phi) is 4.02. The average Bonchev–Trinajstić information content (AvgIpc) is 2.30. The van der Waals surface area contributed by atoms with Gasteiger partial charge in [0.05, 0.1) is 0 Å². The van der Waals surface area contributed by atoms with Gasteiger partial charge < -0.3 is 23.0 Å². The van der Waals surface area contributed by atoms with Crippen LogP contribution in [0.25, 0.3) is 0 Å². The Morgan fingerprint density at radius 3 is 2.47 bits per heavy atom. The summed E-state index contributed by atoms with van der Waals surface area (Å²) in [5, 5.41) is 2.44. The van der Waals surface area contributed by atoms with Gasteiger partial charge in [-0.3, -0.25) is 0 Å². The van der Waals surface area contributed by atoms with E-state index < -0.39 is 24.9 Å². The van der Waals surface area contributed by atoms with Crippen molar-refractivity contribution in [3.8, 4) is 0 Å². The van der Waals surface area contributed by atoms with E-state index in [9.17, 15) is 17.7 Å². The minimum Gasteiger partial charge on any atom is -0.449 e. The second-order valence-corrected chi connectivity index (χ2v) is 4.76. The van der Waals surface area contributed by atoms with Gasteiger partial charge in [-0.15, -0.1) is 0 Å². The fraction of sp³-hybridized carbons (Fsp3) is 0.417. The zero-order valence-electron chi connectivity index (χ0n) is 10.2. The Labute approximate surface area is 109 Å². The van der Waals surface area contributed by atoms with Crippen molar-refractivity contribution in [3.05, 3.63) is 35.9 Å². The molecule has 1 amide bonds. The molecule has 1 aliphatic rings. The van der Waals surface area contributed by atoms with Crippen molar-refractivity contribution in [3.63, 3.8) is 0 Å². The highest BCUT2D eigenvalue weighted by Crippen LogP contribution is 2.43. The highest BCUT2D eigenvalue weighted by molar-refractivity contribution is 6.60. The number of alkyl carbamates (subject to hydrolysis) is 1. The lowest BCUT2D eigenvalue weighted by Crippen LogP contribution is -2.47. The van der Waals surface area contributed by atoms with Crippen molar-refractivity contribution in [1.29, 1.82) is 0 Å². The zero-order chi connectivity index (χ0) is 13.9. The lowest BCUT2D eigenvalue weighted by molar-refractivity contribution is 0.128. The molecule has 0 saturated heterocycles. The van der Waals surface area contributed by atoms with E-state index in [0.717, 1.165) is 5.56 Å². The van der Waals surface area contributed by atoms with Crippen LogP contribution < -0.4 is 5.32 Å². The third kappa shape index (κ3) is 3.91. The van der Waals surface area contributed by atoms with Gasteiger partial charge in [-0.1, -0.05) is 49.0 Å². The Morgan fingerprint density at radius 1 is 1.26 bits per heavy atom. The Morgan fingerprint density at radius 2 is 1.89 bits per heavy atom. The van der Waals surface area contributed by atoms with Crippen molar-refractivity contribution in [1.82, 2.24) is 5.32 Å². The first kappa shape index (κ1) is 13.8. The molecule has 2 rings (SSSR count). The summed E-state index contributed by atoms with van der Waals surface area (Å²) in [6.45, 7) is -4.66. The minimum atomic E-state index is -4.78. The molecule has 0 aliphatic heterocycles. The molecule has 3 nitrogen and oxygen atoms in total. The lowest BCUT2D eigenvalue weighted by Gasteiger charge is -2.41. The number of nitrogens with one attached hydrogen (secondary N) is 1. The molecule has 0 heterocycles. The molecule has 104 valence electrons. The fourth-order valence-corrected chi connectivity index (χ4v) is 2.02. The Hall–Kier alpha value is -1.66. The van der Waals surface area contributed by atoms with E-state index in [1.807, 2.05) is 18.2 Å². The molecule has 0 aromatic heterocycles. The van der Waals surface area contributed by atoms with Crippen molar-refractivity contribution in [2.45, 2.75) is 31.3 Å². The van der Waals surface area contributed by atoms with Crippen LogP contribution in [0.15, 0.2) is 30.3 Å². The average molecular weight is 272 g/mol. The van der Waals surface area contributed by atoms with Gasteiger partial charge in [-0.2, -0.15) is 0 Å². The number of amides is 1. The zero-order valence-corrected chi connectivity index (χ0v) is 10.2. The smallest absolute Gasteiger partial charge is 0.449 e.